The highest BCUT2D eigenvalue weighted by Gasteiger charge is 2.12. The summed E-state index contributed by atoms with van der Waals surface area (Å²) in [6, 6.07) is 13.2. The summed E-state index contributed by atoms with van der Waals surface area (Å²) in [5, 5.41) is 9.28. The monoisotopic (exact) mass is 287 g/mol. The highest BCUT2D eigenvalue weighted by Crippen LogP contribution is 2.36. The average Bonchev–Trinajstić information content (AvgIpc) is 2.45. The fourth-order valence-electron chi connectivity index (χ4n) is 1.88. The molecule has 20 heavy (non-hydrogen) atoms. The molecule has 0 atom stereocenters. The molecule has 0 saturated carbocycles. The number of ether oxygens (including phenoxy) is 2. The second-order valence-electron chi connectivity index (χ2n) is 4.38. The standard InChI is InChI=1S/C16H14ClNO2/c1-11-4-3-5-12(6-11)10-20-16-14(17)7-13(9-18)8-15(16)19-2/h3-8H,10H2,1-2H3. The van der Waals surface area contributed by atoms with Crippen LogP contribution in [0.3, 0.4) is 0 Å². The van der Waals surface area contributed by atoms with E-state index < -0.39 is 0 Å². The normalized spacial score (nSPS) is 9.90. The molecule has 0 saturated heterocycles. The fraction of sp³-hybridized carbons (Fsp3) is 0.188. The van der Waals surface area contributed by atoms with Crippen LogP contribution in [0.4, 0.5) is 0 Å². The molecule has 0 N–H and O–H groups in total. The molecule has 102 valence electrons. The van der Waals surface area contributed by atoms with Gasteiger partial charge in [-0.25, -0.2) is 0 Å². The highest BCUT2D eigenvalue weighted by molar-refractivity contribution is 6.32. The van der Waals surface area contributed by atoms with Crippen molar-refractivity contribution < 1.29 is 9.47 Å². The third-order valence-electron chi connectivity index (χ3n) is 2.82. The van der Waals surface area contributed by atoms with E-state index in [1.165, 1.54) is 12.7 Å². The van der Waals surface area contributed by atoms with Gasteiger partial charge in [-0.1, -0.05) is 41.4 Å². The lowest BCUT2D eigenvalue weighted by atomic mass is 10.1. The van der Waals surface area contributed by atoms with Gasteiger partial charge in [0, 0.05) is 6.07 Å². The van der Waals surface area contributed by atoms with Gasteiger partial charge >= 0.3 is 0 Å². The number of rotatable bonds is 4. The van der Waals surface area contributed by atoms with Crippen molar-refractivity contribution in [3.63, 3.8) is 0 Å². The Balaban J connectivity index is 2.23. The first-order chi connectivity index (χ1) is 9.63. The minimum absolute atomic E-state index is 0.369. The van der Waals surface area contributed by atoms with E-state index in [1.807, 2.05) is 37.3 Å². The number of hydrogen-bond acceptors (Lipinski definition) is 3. The van der Waals surface area contributed by atoms with Gasteiger partial charge < -0.3 is 9.47 Å². The fourth-order valence-corrected chi connectivity index (χ4v) is 2.15. The molecule has 0 fully saturated rings. The van der Waals surface area contributed by atoms with Crippen molar-refractivity contribution in [2.75, 3.05) is 7.11 Å². The molecular weight excluding hydrogens is 274 g/mol. The zero-order valence-corrected chi connectivity index (χ0v) is 12.1. The number of aryl methyl sites for hydroxylation is 1. The summed E-state index contributed by atoms with van der Waals surface area (Å²) in [6.07, 6.45) is 0. The molecule has 0 aliphatic heterocycles. The van der Waals surface area contributed by atoms with E-state index in [0.29, 0.717) is 28.7 Å². The van der Waals surface area contributed by atoms with E-state index in [0.717, 1.165) is 5.56 Å². The SMILES string of the molecule is COc1cc(C#N)cc(Cl)c1OCc1cccc(C)c1. The predicted octanol–water partition coefficient (Wildman–Crippen LogP) is 4.11. The summed E-state index contributed by atoms with van der Waals surface area (Å²) >= 11 is 6.13. The Kier molecular flexibility index (Phi) is 4.49. The van der Waals surface area contributed by atoms with Crippen molar-refractivity contribution in [1.29, 1.82) is 5.26 Å². The smallest absolute Gasteiger partial charge is 0.180 e. The predicted molar refractivity (Wildman–Crippen MR) is 78.2 cm³/mol. The molecule has 2 aromatic carbocycles. The quantitative estimate of drug-likeness (QED) is 0.850. The second kappa shape index (κ2) is 6.31. The lowest BCUT2D eigenvalue weighted by Crippen LogP contribution is -1.99. The number of hydrogen-bond donors (Lipinski definition) is 0. The summed E-state index contributed by atoms with van der Waals surface area (Å²) < 4.78 is 11.0. The Bertz CT molecular complexity index is 662. The Morgan fingerprint density at radius 3 is 2.70 bits per heavy atom. The maximum absolute atomic E-state index is 8.91. The van der Waals surface area contributed by atoms with Crippen LogP contribution in [-0.4, -0.2) is 7.11 Å². The van der Waals surface area contributed by atoms with Crippen molar-refractivity contribution in [3.05, 3.63) is 58.1 Å². The Labute approximate surface area is 123 Å². The zero-order valence-electron chi connectivity index (χ0n) is 11.3. The molecule has 2 rings (SSSR count). The molecule has 0 aliphatic carbocycles. The Morgan fingerprint density at radius 1 is 1.25 bits per heavy atom. The van der Waals surface area contributed by atoms with Gasteiger partial charge in [0.15, 0.2) is 11.5 Å². The van der Waals surface area contributed by atoms with Gasteiger partial charge in [0.2, 0.25) is 0 Å². The second-order valence-corrected chi connectivity index (χ2v) is 4.79. The first kappa shape index (κ1) is 14.2. The van der Waals surface area contributed by atoms with E-state index in [2.05, 4.69) is 0 Å². The van der Waals surface area contributed by atoms with Crippen LogP contribution in [0.15, 0.2) is 36.4 Å². The minimum Gasteiger partial charge on any atom is -0.493 e. The largest absolute Gasteiger partial charge is 0.493 e. The van der Waals surface area contributed by atoms with Crippen molar-refractivity contribution in [1.82, 2.24) is 0 Å². The number of nitrogens with zero attached hydrogens (tertiary/aromatic N) is 1. The van der Waals surface area contributed by atoms with Crippen molar-refractivity contribution >= 4 is 11.6 Å². The number of nitriles is 1. The van der Waals surface area contributed by atoms with E-state index in [1.54, 1.807) is 12.1 Å². The van der Waals surface area contributed by atoms with Gasteiger partial charge in [-0.3, -0.25) is 0 Å². The van der Waals surface area contributed by atoms with Gasteiger partial charge in [0.1, 0.15) is 6.61 Å². The summed E-state index contributed by atoms with van der Waals surface area (Å²) in [5.41, 5.74) is 2.66. The minimum atomic E-state index is 0.369. The van der Waals surface area contributed by atoms with Crippen LogP contribution in [0.25, 0.3) is 0 Å². The van der Waals surface area contributed by atoms with Crippen LogP contribution in [-0.2, 0) is 6.61 Å². The van der Waals surface area contributed by atoms with E-state index in [9.17, 15) is 0 Å². The van der Waals surface area contributed by atoms with Gasteiger partial charge in [-0.15, -0.1) is 0 Å². The van der Waals surface area contributed by atoms with Crippen molar-refractivity contribution in [3.8, 4) is 17.6 Å². The molecule has 4 heteroatoms. The van der Waals surface area contributed by atoms with Crippen LogP contribution >= 0.6 is 11.6 Å². The molecule has 0 spiro atoms. The molecule has 0 radical (unpaired) electrons. The molecule has 3 nitrogen and oxygen atoms in total. The lowest BCUT2D eigenvalue weighted by molar-refractivity contribution is 0.284. The molecule has 0 aromatic heterocycles. The molecule has 0 aliphatic rings. The molecule has 0 heterocycles. The van der Waals surface area contributed by atoms with Crippen LogP contribution in [0.2, 0.25) is 5.02 Å². The van der Waals surface area contributed by atoms with Crippen molar-refractivity contribution in [2.45, 2.75) is 13.5 Å². The Morgan fingerprint density at radius 2 is 2.05 bits per heavy atom. The third kappa shape index (κ3) is 3.23. The van der Waals surface area contributed by atoms with E-state index >= 15 is 0 Å². The average molecular weight is 288 g/mol. The van der Waals surface area contributed by atoms with E-state index in [4.69, 9.17) is 26.3 Å². The lowest BCUT2D eigenvalue weighted by Gasteiger charge is -2.13. The Hall–Kier alpha value is -2.18. The molecular formula is C16H14ClNO2. The van der Waals surface area contributed by atoms with Gasteiger partial charge in [0.05, 0.1) is 23.8 Å². The van der Waals surface area contributed by atoms with Crippen LogP contribution < -0.4 is 9.47 Å². The summed E-state index contributed by atoms with van der Waals surface area (Å²) in [5.74, 6) is 0.913. The molecule has 2 aromatic rings. The molecule has 0 unspecified atom stereocenters. The summed E-state index contributed by atoms with van der Waals surface area (Å²) in [7, 11) is 1.52. The van der Waals surface area contributed by atoms with Crippen LogP contribution in [0, 0.1) is 18.3 Å². The summed E-state index contributed by atoms with van der Waals surface area (Å²) in [6.45, 7) is 2.42. The number of benzene rings is 2. The molecule has 0 bridgehead atoms. The topological polar surface area (TPSA) is 42.2 Å². The number of methoxy groups -OCH3 is 1. The number of halogens is 1. The summed E-state index contributed by atoms with van der Waals surface area (Å²) in [4.78, 5) is 0. The van der Waals surface area contributed by atoms with Crippen LogP contribution in [0.5, 0.6) is 11.5 Å². The van der Waals surface area contributed by atoms with Crippen LogP contribution in [0.1, 0.15) is 16.7 Å². The van der Waals surface area contributed by atoms with Gasteiger partial charge in [0.25, 0.3) is 0 Å². The van der Waals surface area contributed by atoms with Gasteiger partial charge in [-0.05, 0) is 18.6 Å². The van der Waals surface area contributed by atoms with Gasteiger partial charge in [-0.2, -0.15) is 5.26 Å². The maximum atomic E-state index is 8.91. The molecule has 0 amide bonds. The maximum Gasteiger partial charge on any atom is 0.180 e. The van der Waals surface area contributed by atoms with Crippen molar-refractivity contribution in [2.24, 2.45) is 0 Å². The first-order valence-electron chi connectivity index (χ1n) is 6.10. The highest BCUT2D eigenvalue weighted by atomic mass is 35.5. The third-order valence-corrected chi connectivity index (χ3v) is 3.10. The zero-order chi connectivity index (χ0) is 14.5. The first-order valence-corrected chi connectivity index (χ1v) is 6.48. The van der Waals surface area contributed by atoms with E-state index in [-0.39, 0.29) is 0 Å².